The number of nitrogens with one attached hydrogen (secondary N) is 1. The third kappa shape index (κ3) is 9.83. The number of rotatable bonds is 13. The fraction of sp³-hybridized carbons (Fsp3) is 0.176. The van der Waals surface area contributed by atoms with Crippen molar-refractivity contribution in [3.05, 3.63) is 121 Å². The molecule has 4 rings (SSSR count). The minimum Gasteiger partial charge on any atom is -0.412 e. The molecule has 1 N–H and O–H groups in total. The van der Waals surface area contributed by atoms with Crippen LogP contribution in [0.3, 0.4) is 0 Å². The van der Waals surface area contributed by atoms with Crippen LogP contribution < -0.4 is 21.2 Å². The average Bonchev–Trinajstić information content (AvgIpc) is 3.02. The van der Waals surface area contributed by atoms with Crippen molar-refractivity contribution in [1.29, 1.82) is 5.41 Å². The molecule has 0 spiro atoms. The third-order valence-corrected chi connectivity index (χ3v) is 11.4. The zero-order chi connectivity index (χ0) is 29.6. The van der Waals surface area contributed by atoms with Crippen molar-refractivity contribution in [2.24, 2.45) is 0 Å². The quantitative estimate of drug-likeness (QED) is 0.0733. The van der Waals surface area contributed by atoms with Gasteiger partial charge in [-0.3, -0.25) is 19.8 Å². The van der Waals surface area contributed by atoms with Crippen LogP contribution in [0.1, 0.15) is 25.7 Å². The van der Waals surface area contributed by atoms with E-state index in [1.165, 1.54) is 0 Å². The molecule has 42 heavy (non-hydrogen) atoms. The highest BCUT2D eigenvalue weighted by atomic mass is 31.1. The molecule has 0 aromatic heterocycles. The summed E-state index contributed by atoms with van der Waals surface area (Å²) in [6.45, 7) is 0. The summed E-state index contributed by atoms with van der Waals surface area (Å²) in [5.41, 5.74) is 0. The molecule has 0 bridgehead atoms. The molecule has 0 aliphatic heterocycles. The maximum Gasteiger partial charge on any atom is 0.313 e. The molecule has 0 saturated carbocycles. The summed E-state index contributed by atoms with van der Waals surface area (Å²) in [6, 6.07) is 40.1. The first-order valence-corrected chi connectivity index (χ1v) is 16.8. The van der Waals surface area contributed by atoms with Crippen LogP contribution in [0.15, 0.2) is 121 Å². The lowest BCUT2D eigenvalue weighted by Crippen LogP contribution is -2.20. The van der Waals surface area contributed by atoms with Crippen molar-refractivity contribution in [2.75, 3.05) is 12.3 Å². The highest BCUT2D eigenvalue weighted by Crippen LogP contribution is 2.35. The smallest absolute Gasteiger partial charge is 0.313 e. The number of benzene rings is 4. The van der Waals surface area contributed by atoms with Gasteiger partial charge < -0.3 is 9.47 Å². The van der Waals surface area contributed by atoms with Gasteiger partial charge in [-0.1, -0.05) is 121 Å². The summed E-state index contributed by atoms with van der Waals surface area (Å²) in [5, 5.41) is 12.6. The monoisotopic (exact) mass is 597 g/mol. The van der Waals surface area contributed by atoms with Gasteiger partial charge in [-0.25, -0.2) is 0 Å². The Labute approximate surface area is 249 Å². The molecule has 0 heterocycles. The number of esters is 3. The Morgan fingerprint density at radius 3 is 1.12 bits per heavy atom. The second-order valence-electron chi connectivity index (χ2n) is 9.39. The summed E-state index contributed by atoms with van der Waals surface area (Å²) in [7, 11) is -1.53. The van der Waals surface area contributed by atoms with E-state index in [4.69, 9.17) is 14.9 Å². The van der Waals surface area contributed by atoms with Gasteiger partial charge in [0.05, 0.1) is 19.3 Å². The van der Waals surface area contributed by atoms with Crippen LogP contribution >= 0.6 is 15.8 Å². The Morgan fingerprint density at radius 1 is 0.452 bits per heavy atom. The van der Waals surface area contributed by atoms with Gasteiger partial charge in [0.1, 0.15) is 0 Å². The number of hydrogen-bond acceptors (Lipinski definition) is 6. The lowest BCUT2D eigenvalue weighted by Gasteiger charge is -2.18. The van der Waals surface area contributed by atoms with Crippen LogP contribution in [-0.4, -0.2) is 36.1 Å². The molecule has 0 fully saturated rings. The second-order valence-corrected chi connectivity index (χ2v) is 14.1. The van der Waals surface area contributed by atoms with Crippen molar-refractivity contribution in [3.63, 3.8) is 0 Å². The molecule has 0 aliphatic carbocycles. The first-order chi connectivity index (χ1) is 20.5. The summed E-state index contributed by atoms with van der Waals surface area (Å²) < 4.78 is 10.2. The molecule has 4 aromatic rings. The molecule has 6 nitrogen and oxygen atoms in total. The maximum atomic E-state index is 12.5. The Kier molecular flexibility index (Phi) is 12.1. The van der Waals surface area contributed by atoms with Gasteiger partial charge >= 0.3 is 17.9 Å². The first-order valence-electron chi connectivity index (χ1n) is 13.8. The minimum atomic E-state index is -0.778. The third-order valence-electron chi connectivity index (χ3n) is 6.37. The van der Waals surface area contributed by atoms with Crippen molar-refractivity contribution in [2.45, 2.75) is 25.7 Å². The molecular weight excluding hydrogens is 564 g/mol. The Balaban J connectivity index is 1.20. The van der Waals surface area contributed by atoms with E-state index in [9.17, 15) is 14.4 Å². The SMILES string of the molecule is N=C(CCC(=O)OC(=O)CCP(c1ccccc1)c1ccccc1)OC(=O)CCP(c1ccccc1)c1ccccc1. The Morgan fingerprint density at radius 2 is 0.762 bits per heavy atom. The van der Waals surface area contributed by atoms with Crippen LogP contribution in [0.4, 0.5) is 0 Å². The fourth-order valence-electron chi connectivity index (χ4n) is 4.34. The standard InChI is InChI=1S/C34H33NO5P2/c35-31(39-33(37)23-25-41(27-13-5-1-6-14-27)28-15-7-2-8-16-28)21-22-32(36)40-34(38)24-26-42(29-17-9-3-10-18-29)30-19-11-4-12-20-30/h1-20,35H,21-26H2. The fourth-order valence-corrected chi connectivity index (χ4v) is 8.91. The predicted molar refractivity (Wildman–Crippen MR) is 171 cm³/mol. The van der Waals surface area contributed by atoms with E-state index in [0.29, 0.717) is 12.3 Å². The summed E-state index contributed by atoms with van der Waals surface area (Å²) in [5.74, 6) is -2.16. The Hall–Kier alpha value is -3.98. The molecule has 214 valence electrons. The molecule has 0 radical (unpaired) electrons. The minimum absolute atomic E-state index is 0.0967. The van der Waals surface area contributed by atoms with Gasteiger partial charge in [-0.2, -0.15) is 0 Å². The molecule has 0 unspecified atom stereocenters. The van der Waals surface area contributed by atoms with Gasteiger partial charge in [0, 0.05) is 6.42 Å². The van der Waals surface area contributed by atoms with E-state index in [0.717, 1.165) is 21.2 Å². The molecule has 0 aliphatic rings. The molecule has 0 amide bonds. The van der Waals surface area contributed by atoms with E-state index in [1.807, 2.05) is 97.1 Å². The van der Waals surface area contributed by atoms with E-state index in [1.54, 1.807) is 0 Å². The molecule has 4 aromatic carbocycles. The van der Waals surface area contributed by atoms with Crippen molar-refractivity contribution < 1.29 is 23.9 Å². The van der Waals surface area contributed by atoms with Gasteiger partial charge in [0.25, 0.3) is 0 Å². The Bertz CT molecular complexity index is 1260. The van der Waals surface area contributed by atoms with Crippen LogP contribution in [0.25, 0.3) is 0 Å². The van der Waals surface area contributed by atoms with Crippen LogP contribution in [0.2, 0.25) is 0 Å². The second kappa shape index (κ2) is 16.5. The highest BCUT2D eigenvalue weighted by Gasteiger charge is 2.20. The van der Waals surface area contributed by atoms with E-state index in [-0.39, 0.29) is 31.6 Å². The number of carbonyl (C=O) groups excluding carboxylic acids is 3. The zero-order valence-electron chi connectivity index (χ0n) is 23.2. The number of hydrogen-bond donors (Lipinski definition) is 1. The van der Waals surface area contributed by atoms with Crippen LogP contribution in [-0.2, 0) is 23.9 Å². The lowest BCUT2D eigenvalue weighted by atomic mass is 10.3. The first kappa shape index (κ1) is 31.0. The van der Waals surface area contributed by atoms with Crippen LogP contribution in [0.5, 0.6) is 0 Å². The van der Waals surface area contributed by atoms with Crippen molar-refractivity contribution >= 4 is 60.9 Å². The number of ether oxygens (including phenoxy) is 2. The summed E-state index contributed by atoms with van der Waals surface area (Å²) in [6.07, 6.45) is 1.04. The molecule has 0 saturated heterocycles. The van der Waals surface area contributed by atoms with Crippen LogP contribution in [0, 0.1) is 5.41 Å². The van der Waals surface area contributed by atoms with Gasteiger partial charge in [0.15, 0.2) is 5.90 Å². The predicted octanol–water partition coefficient (Wildman–Crippen LogP) is 5.40. The maximum absolute atomic E-state index is 12.5. The van der Waals surface area contributed by atoms with Gasteiger partial charge in [-0.15, -0.1) is 0 Å². The zero-order valence-corrected chi connectivity index (χ0v) is 25.0. The van der Waals surface area contributed by atoms with E-state index >= 15 is 0 Å². The van der Waals surface area contributed by atoms with Crippen molar-refractivity contribution in [1.82, 2.24) is 0 Å². The van der Waals surface area contributed by atoms with Crippen molar-refractivity contribution in [3.8, 4) is 0 Å². The van der Waals surface area contributed by atoms with Gasteiger partial charge in [-0.05, 0) is 49.4 Å². The number of carbonyl (C=O) groups is 3. The topological polar surface area (TPSA) is 93.5 Å². The molecule has 8 heteroatoms. The summed E-state index contributed by atoms with van der Waals surface area (Å²) >= 11 is 0. The average molecular weight is 598 g/mol. The van der Waals surface area contributed by atoms with E-state index < -0.39 is 33.8 Å². The molecule has 0 atom stereocenters. The largest absolute Gasteiger partial charge is 0.412 e. The summed E-state index contributed by atoms with van der Waals surface area (Å²) in [4.78, 5) is 37.2. The highest BCUT2D eigenvalue weighted by molar-refractivity contribution is 7.73. The lowest BCUT2D eigenvalue weighted by molar-refractivity contribution is -0.159. The van der Waals surface area contributed by atoms with E-state index in [2.05, 4.69) is 24.3 Å². The molecular formula is C34H33NO5P2. The normalized spacial score (nSPS) is 10.8. The van der Waals surface area contributed by atoms with Gasteiger partial charge in [0.2, 0.25) is 0 Å².